The minimum Gasteiger partial charge on any atom is -0.477 e. The first-order valence-corrected chi connectivity index (χ1v) is 7.47. The summed E-state index contributed by atoms with van der Waals surface area (Å²) in [7, 11) is 0. The number of benzene rings is 1. The van der Waals surface area contributed by atoms with Crippen molar-refractivity contribution in [1.82, 2.24) is 9.38 Å². The smallest absolute Gasteiger partial charge is 0.347 e. The first-order valence-electron chi connectivity index (χ1n) is 6.65. The molecule has 0 atom stereocenters. The van der Waals surface area contributed by atoms with Crippen LogP contribution in [0.3, 0.4) is 0 Å². The zero-order valence-electron chi connectivity index (χ0n) is 12.0. The van der Waals surface area contributed by atoms with E-state index < -0.39 is 5.97 Å². The molecule has 23 heavy (non-hydrogen) atoms. The van der Waals surface area contributed by atoms with Gasteiger partial charge in [-0.2, -0.15) is 0 Å². The average molecular weight is 330 g/mol. The van der Waals surface area contributed by atoms with E-state index in [1.165, 1.54) is 22.7 Å². The topological polar surface area (TPSA) is 71.7 Å². The van der Waals surface area contributed by atoms with Gasteiger partial charge in [0.15, 0.2) is 4.96 Å². The molecule has 2 aromatic heterocycles. The third-order valence-electron chi connectivity index (χ3n) is 3.31. The van der Waals surface area contributed by atoms with Gasteiger partial charge in [-0.1, -0.05) is 29.5 Å². The van der Waals surface area contributed by atoms with Crippen LogP contribution in [0.15, 0.2) is 35.3 Å². The van der Waals surface area contributed by atoms with Crippen LogP contribution < -0.4 is 5.56 Å². The van der Waals surface area contributed by atoms with Gasteiger partial charge in [0.05, 0.1) is 5.69 Å². The van der Waals surface area contributed by atoms with E-state index in [1.807, 2.05) is 0 Å². The second kappa shape index (κ2) is 5.77. The monoisotopic (exact) mass is 330 g/mol. The first-order chi connectivity index (χ1) is 11.0. The van der Waals surface area contributed by atoms with E-state index in [4.69, 9.17) is 5.11 Å². The summed E-state index contributed by atoms with van der Waals surface area (Å²) >= 11 is 0.935. The lowest BCUT2D eigenvalue weighted by Crippen LogP contribution is -2.17. The predicted molar refractivity (Wildman–Crippen MR) is 86.4 cm³/mol. The Morgan fingerprint density at radius 1 is 1.30 bits per heavy atom. The van der Waals surface area contributed by atoms with Crippen LogP contribution in [0.5, 0.6) is 0 Å². The van der Waals surface area contributed by atoms with Gasteiger partial charge in [-0.05, 0) is 30.7 Å². The Labute approximate surface area is 134 Å². The number of halogens is 1. The van der Waals surface area contributed by atoms with Crippen molar-refractivity contribution in [3.8, 4) is 0 Å². The van der Waals surface area contributed by atoms with Gasteiger partial charge < -0.3 is 5.11 Å². The number of fused-ring (bicyclic) bond motifs is 1. The summed E-state index contributed by atoms with van der Waals surface area (Å²) in [6.07, 6.45) is 4.65. The Balaban J connectivity index is 2.07. The van der Waals surface area contributed by atoms with Crippen LogP contribution in [-0.2, 0) is 0 Å². The summed E-state index contributed by atoms with van der Waals surface area (Å²) in [4.78, 5) is 28.0. The van der Waals surface area contributed by atoms with Crippen LogP contribution >= 0.6 is 11.3 Å². The number of hydrogen-bond acceptors (Lipinski definition) is 4. The summed E-state index contributed by atoms with van der Waals surface area (Å²) in [5, 5.41) is 9.01. The summed E-state index contributed by atoms with van der Waals surface area (Å²) in [6.45, 7) is 1.63. The van der Waals surface area contributed by atoms with Gasteiger partial charge in [0.2, 0.25) is 0 Å². The lowest BCUT2D eigenvalue weighted by atomic mass is 10.1. The first kappa shape index (κ1) is 15.1. The normalized spacial score (nSPS) is 11.4. The van der Waals surface area contributed by atoms with E-state index in [0.717, 1.165) is 16.9 Å². The molecule has 3 aromatic rings. The van der Waals surface area contributed by atoms with E-state index in [0.29, 0.717) is 16.2 Å². The molecule has 0 aliphatic carbocycles. The third-order valence-corrected chi connectivity index (χ3v) is 4.28. The van der Waals surface area contributed by atoms with Crippen LogP contribution in [0.25, 0.3) is 17.1 Å². The van der Waals surface area contributed by atoms with Crippen LogP contribution in [0, 0.1) is 12.7 Å². The molecular weight excluding hydrogens is 319 g/mol. The van der Waals surface area contributed by atoms with Gasteiger partial charge in [0, 0.05) is 11.8 Å². The quantitative estimate of drug-likeness (QED) is 0.801. The molecule has 0 aliphatic heterocycles. The summed E-state index contributed by atoms with van der Waals surface area (Å²) in [5.74, 6) is -1.42. The number of thiazole rings is 1. The lowest BCUT2D eigenvalue weighted by Gasteiger charge is -2.00. The molecule has 1 N–H and O–H groups in total. The second-order valence-corrected chi connectivity index (χ2v) is 5.87. The fraction of sp³-hybridized carbons (Fsp3) is 0.0625. The third kappa shape index (κ3) is 2.91. The average Bonchev–Trinajstić information content (AvgIpc) is 2.95. The molecule has 2 heterocycles. The largest absolute Gasteiger partial charge is 0.477 e. The highest BCUT2D eigenvalue weighted by molar-refractivity contribution is 7.18. The van der Waals surface area contributed by atoms with Gasteiger partial charge in [-0.25, -0.2) is 14.2 Å². The summed E-state index contributed by atoms with van der Waals surface area (Å²) < 4.78 is 14.1. The summed E-state index contributed by atoms with van der Waals surface area (Å²) in [5.41, 5.74) is 1.33. The van der Waals surface area contributed by atoms with Crippen LogP contribution in [0.2, 0.25) is 0 Å². The van der Waals surface area contributed by atoms with Crippen LogP contribution in [0.1, 0.15) is 26.5 Å². The zero-order valence-corrected chi connectivity index (χ0v) is 12.8. The number of rotatable bonds is 3. The molecule has 7 heteroatoms. The Kier molecular flexibility index (Phi) is 3.79. The fourth-order valence-electron chi connectivity index (χ4n) is 2.06. The molecule has 0 saturated carbocycles. The van der Waals surface area contributed by atoms with Crippen molar-refractivity contribution in [2.24, 2.45) is 0 Å². The molecule has 0 amide bonds. The van der Waals surface area contributed by atoms with E-state index in [2.05, 4.69) is 4.98 Å². The second-order valence-electron chi connectivity index (χ2n) is 4.87. The van der Waals surface area contributed by atoms with Crippen molar-refractivity contribution in [1.29, 1.82) is 0 Å². The van der Waals surface area contributed by atoms with E-state index in [1.54, 1.807) is 31.2 Å². The van der Waals surface area contributed by atoms with Crippen molar-refractivity contribution in [3.05, 3.63) is 68.3 Å². The van der Waals surface area contributed by atoms with Crippen molar-refractivity contribution in [3.63, 3.8) is 0 Å². The predicted octanol–water partition coefficient (Wildman–Crippen LogP) is 3.07. The number of hydrogen-bond donors (Lipinski definition) is 1. The molecule has 0 fully saturated rings. The summed E-state index contributed by atoms with van der Waals surface area (Å²) in [6, 6.07) is 5.91. The minimum atomic E-state index is -1.10. The SMILES string of the molecule is Cc1c(C=Cc2ccc(F)cc2)nc2sc(C(=O)O)cn2c1=O. The highest BCUT2D eigenvalue weighted by Crippen LogP contribution is 2.17. The Hall–Kier alpha value is -2.80. The van der Waals surface area contributed by atoms with Crippen molar-refractivity contribution >= 4 is 34.4 Å². The van der Waals surface area contributed by atoms with Crippen LogP contribution in [0.4, 0.5) is 4.39 Å². The molecule has 1 aromatic carbocycles. The van der Waals surface area contributed by atoms with E-state index in [9.17, 15) is 14.0 Å². The number of aromatic nitrogens is 2. The van der Waals surface area contributed by atoms with Crippen molar-refractivity contribution in [2.75, 3.05) is 0 Å². The molecular formula is C16H11FN2O3S. The molecule has 0 bridgehead atoms. The molecule has 0 unspecified atom stereocenters. The molecule has 3 rings (SSSR count). The zero-order chi connectivity index (χ0) is 16.6. The molecule has 0 saturated heterocycles. The van der Waals surface area contributed by atoms with Crippen molar-refractivity contribution < 1.29 is 14.3 Å². The van der Waals surface area contributed by atoms with Gasteiger partial charge >= 0.3 is 5.97 Å². The maximum absolute atomic E-state index is 12.9. The fourth-order valence-corrected chi connectivity index (χ4v) is 2.88. The van der Waals surface area contributed by atoms with Gasteiger partial charge in [-0.3, -0.25) is 9.20 Å². The maximum atomic E-state index is 12.9. The highest BCUT2D eigenvalue weighted by atomic mass is 32.1. The maximum Gasteiger partial charge on any atom is 0.347 e. The van der Waals surface area contributed by atoms with Crippen molar-refractivity contribution in [2.45, 2.75) is 6.92 Å². The van der Waals surface area contributed by atoms with Crippen LogP contribution in [-0.4, -0.2) is 20.5 Å². The van der Waals surface area contributed by atoms with E-state index in [-0.39, 0.29) is 16.3 Å². The minimum absolute atomic E-state index is 0.0497. The number of nitrogens with zero attached hydrogens (tertiary/aromatic N) is 2. The molecule has 116 valence electrons. The van der Waals surface area contributed by atoms with E-state index >= 15 is 0 Å². The molecule has 0 spiro atoms. The molecule has 5 nitrogen and oxygen atoms in total. The Morgan fingerprint density at radius 2 is 2.00 bits per heavy atom. The highest BCUT2D eigenvalue weighted by Gasteiger charge is 2.13. The molecule has 0 aliphatic rings. The van der Waals surface area contributed by atoms with Gasteiger partial charge in [0.1, 0.15) is 10.7 Å². The standard InChI is InChI=1S/C16H11FN2O3S/c1-9-12(7-4-10-2-5-11(17)6-3-10)18-16-19(14(9)20)8-13(23-16)15(21)22/h2-8H,1H3,(H,21,22). The lowest BCUT2D eigenvalue weighted by molar-refractivity contribution is 0.0701. The Bertz CT molecular complexity index is 987. The number of carbonyl (C=O) groups is 1. The number of carboxylic acids is 1. The number of aromatic carboxylic acids is 1. The number of carboxylic acid groups (broad SMARTS) is 1. The van der Waals surface area contributed by atoms with Gasteiger partial charge in [0.25, 0.3) is 5.56 Å². The Morgan fingerprint density at radius 3 is 2.65 bits per heavy atom. The van der Waals surface area contributed by atoms with Gasteiger partial charge in [-0.15, -0.1) is 0 Å². The molecule has 0 radical (unpaired) electrons.